The second-order valence-corrected chi connectivity index (χ2v) is 6.11. The normalized spacial score (nSPS) is 25.8. The third-order valence-corrected chi connectivity index (χ3v) is 4.85. The largest absolute Gasteiger partial charge is 0.322 e. The van der Waals surface area contributed by atoms with Crippen LogP contribution in [0.3, 0.4) is 0 Å². The van der Waals surface area contributed by atoms with Crippen LogP contribution in [0.25, 0.3) is 0 Å². The van der Waals surface area contributed by atoms with Gasteiger partial charge >= 0.3 is 0 Å². The average molecular weight is 253 g/mol. The molecule has 0 spiro atoms. The molecule has 4 heteroatoms. The van der Waals surface area contributed by atoms with Crippen molar-refractivity contribution in [2.24, 2.45) is 5.73 Å². The minimum atomic E-state index is 0.139. The van der Waals surface area contributed by atoms with E-state index in [4.69, 9.17) is 5.73 Å². The van der Waals surface area contributed by atoms with Gasteiger partial charge in [-0.25, -0.2) is 0 Å². The van der Waals surface area contributed by atoms with Crippen LogP contribution in [0.2, 0.25) is 0 Å². The number of nitrogens with two attached hydrogens (primary N) is 1. The average Bonchev–Trinajstić information content (AvgIpc) is 2.63. The molecule has 2 unspecified atom stereocenters. The van der Waals surface area contributed by atoms with Gasteiger partial charge in [-0.2, -0.15) is 0 Å². The third-order valence-electron chi connectivity index (χ3n) is 3.73. The van der Waals surface area contributed by atoms with Crippen LogP contribution < -0.4 is 5.73 Å². The van der Waals surface area contributed by atoms with Crippen molar-refractivity contribution < 1.29 is 0 Å². The molecule has 96 valence electrons. The van der Waals surface area contributed by atoms with Crippen molar-refractivity contribution in [1.82, 2.24) is 9.80 Å². The lowest BCUT2D eigenvalue weighted by Crippen LogP contribution is -2.45. The lowest BCUT2D eigenvalue weighted by molar-refractivity contribution is 0.197. The van der Waals surface area contributed by atoms with E-state index < -0.39 is 0 Å². The van der Waals surface area contributed by atoms with Crippen LogP contribution in [0.15, 0.2) is 11.4 Å². The topological polar surface area (TPSA) is 32.5 Å². The second kappa shape index (κ2) is 5.48. The Kier molecular flexibility index (Phi) is 4.20. The highest BCUT2D eigenvalue weighted by atomic mass is 32.1. The standard InChI is InChI=1S/C13H23N3S/c1-10-5-8-17-13(10)12(14)11-9-15(2)6-4-7-16(11)3/h5,8,11-12H,4,6-7,9,14H2,1-3H3. The van der Waals surface area contributed by atoms with E-state index in [1.165, 1.54) is 23.4 Å². The lowest BCUT2D eigenvalue weighted by atomic mass is 10.0. The fourth-order valence-electron chi connectivity index (χ4n) is 2.59. The van der Waals surface area contributed by atoms with E-state index in [1.807, 2.05) is 0 Å². The van der Waals surface area contributed by atoms with Crippen molar-refractivity contribution in [1.29, 1.82) is 0 Å². The van der Waals surface area contributed by atoms with E-state index in [0.717, 1.165) is 13.1 Å². The number of likely N-dealkylation sites (N-methyl/N-ethyl adjacent to an activating group) is 2. The maximum atomic E-state index is 6.48. The molecule has 1 aliphatic heterocycles. The number of aryl methyl sites for hydroxylation is 1. The number of hydrogen-bond donors (Lipinski definition) is 1. The predicted molar refractivity (Wildman–Crippen MR) is 74.5 cm³/mol. The molecule has 0 aliphatic carbocycles. The van der Waals surface area contributed by atoms with Crippen molar-refractivity contribution in [2.45, 2.75) is 25.4 Å². The van der Waals surface area contributed by atoms with Gasteiger partial charge in [0.05, 0.1) is 6.04 Å². The monoisotopic (exact) mass is 253 g/mol. The van der Waals surface area contributed by atoms with Crippen LogP contribution >= 0.6 is 11.3 Å². The third kappa shape index (κ3) is 2.88. The Balaban J connectivity index is 2.16. The molecule has 1 aromatic heterocycles. The Morgan fingerprint density at radius 2 is 2.18 bits per heavy atom. The summed E-state index contributed by atoms with van der Waals surface area (Å²) in [5.41, 5.74) is 7.82. The molecule has 0 saturated carbocycles. The molecule has 3 nitrogen and oxygen atoms in total. The van der Waals surface area contributed by atoms with E-state index in [0.29, 0.717) is 6.04 Å². The molecule has 0 radical (unpaired) electrons. The summed E-state index contributed by atoms with van der Waals surface area (Å²) < 4.78 is 0. The van der Waals surface area contributed by atoms with Crippen LogP contribution in [-0.4, -0.2) is 49.6 Å². The highest BCUT2D eigenvalue weighted by Gasteiger charge is 2.28. The van der Waals surface area contributed by atoms with Gasteiger partial charge in [-0.05, 0) is 57.5 Å². The number of nitrogens with zero attached hydrogens (tertiary/aromatic N) is 2. The van der Waals surface area contributed by atoms with Crippen LogP contribution in [0, 0.1) is 6.92 Å². The Labute approximate surface area is 108 Å². The molecule has 1 aliphatic rings. The van der Waals surface area contributed by atoms with Crippen molar-refractivity contribution in [3.8, 4) is 0 Å². The summed E-state index contributed by atoms with van der Waals surface area (Å²) in [7, 11) is 4.40. The minimum Gasteiger partial charge on any atom is -0.322 e. The molecule has 1 fully saturated rings. The van der Waals surface area contributed by atoms with Gasteiger partial charge in [0.1, 0.15) is 0 Å². The lowest BCUT2D eigenvalue weighted by Gasteiger charge is -2.32. The van der Waals surface area contributed by atoms with Gasteiger partial charge in [0, 0.05) is 17.5 Å². The Morgan fingerprint density at radius 1 is 1.41 bits per heavy atom. The molecule has 17 heavy (non-hydrogen) atoms. The Hall–Kier alpha value is -0.420. The van der Waals surface area contributed by atoms with Crippen molar-refractivity contribution in [3.05, 3.63) is 21.9 Å². The molecule has 0 aromatic carbocycles. The summed E-state index contributed by atoms with van der Waals surface area (Å²) in [6.45, 7) is 5.55. The zero-order valence-corrected chi connectivity index (χ0v) is 11.8. The van der Waals surface area contributed by atoms with Crippen molar-refractivity contribution in [2.75, 3.05) is 33.7 Å². The zero-order valence-electron chi connectivity index (χ0n) is 11.0. The van der Waals surface area contributed by atoms with Crippen molar-refractivity contribution >= 4 is 11.3 Å². The number of rotatable bonds is 2. The molecule has 1 aromatic rings. The summed E-state index contributed by atoms with van der Waals surface area (Å²) in [6, 6.07) is 2.74. The highest BCUT2D eigenvalue weighted by Crippen LogP contribution is 2.27. The predicted octanol–water partition coefficient (Wildman–Crippen LogP) is 1.69. The molecule has 1 saturated heterocycles. The van der Waals surface area contributed by atoms with Gasteiger partial charge in [0.15, 0.2) is 0 Å². The fourth-order valence-corrected chi connectivity index (χ4v) is 3.58. The number of thiophene rings is 1. The molecule has 2 N–H and O–H groups in total. The van der Waals surface area contributed by atoms with Crippen LogP contribution in [0.1, 0.15) is 22.9 Å². The van der Waals surface area contributed by atoms with Crippen molar-refractivity contribution in [3.63, 3.8) is 0 Å². The first-order chi connectivity index (χ1) is 8.09. The Bertz CT molecular complexity index is 363. The molecule has 0 amide bonds. The molecule has 2 rings (SSSR count). The van der Waals surface area contributed by atoms with Gasteiger partial charge in [-0.3, -0.25) is 0 Å². The summed E-state index contributed by atoms with van der Waals surface area (Å²) in [4.78, 5) is 6.17. The van der Waals surface area contributed by atoms with E-state index >= 15 is 0 Å². The van der Waals surface area contributed by atoms with Gasteiger partial charge in [-0.15, -0.1) is 11.3 Å². The maximum absolute atomic E-state index is 6.48. The van der Waals surface area contributed by atoms with Gasteiger partial charge in [-0.1, -0.05) is 0 Å². The first-order valence-corrected chi connectivity index (χ1v) is 7.16. The number of hydrogen-bond acceptors (Lipinski definition) is 4. The van der Waals surface area contributed by atoms with E-state index in [2.05, 4.69) is 42.3 Å². The fraction of sp³-hybridized carbons (Fsp3) is 0.692. The smallest absolute Gasteiger partial charge is 0.0562 e. The van der Waals surface area contributed by atoms with Gasteiger partial charge in [0.25, 0.3) is 0 Å². The first kappa shape index (κ1) is 13.0. The molecular formula is C13H23N3S. The van der Waals surface area contributed by atoms with Gasteiger partial charge < -0.3 is 15.5 Å². The van der Waals surface area contributed by atoms with E-state index in [1.54, 1.807) is 11.3 Å². The van der Waals surface area contributed by atoms with E-state index in [-0.39, 0.29) is 6.04 Å². The first-order valence-electron chi connectivity index (χ1n) is 6.28. The minimum absolute atomic E-state index is 0.139. The molecule has 2 heterocycles. The summed E-state index contributed by atoms with van der Waals surface area (Å²) in [5.74, 6) is 0. The summed E-state index contributed by atoms with van der Waals surface area (Å²) in [5, 5.41) is 2.14. The molecule has 2 atom stereocenters. The molecular weight excluding hydrogens is 230 g/mol. The summed E-state index contributed by atoms with van der Waals surface area (Å²) >= 11 is 1.79. The molecule has 0 bridgehead atoms. The van der Waals surface area contributed by atoms with Gasteiger partial charge in [0.2, 0.25) is 0 Å². The van der Waals surface area contributed by atoms with Crippen LogP contribution in [-0.2, 0) is 0 Å². The Morgan fingerprint density at radius 3 is 2.82 bits per heavy atom. The zero-order chi connectivity index (χ0) is 12.4. The highest BCUT2D eigenvalue weighted by molar-refractivity contribution is 7.10. The summed E-state index contributed by atoms with van der Waals surface area (Å²) in [6.07, 6.45) is 1.24. The van der Waals surface area contributed by atoms with Crippen LogP contribution in [0.4, 0.5) is 0 Å². The second-order valence-electron chi connectivity index (χ2n) is 5.16. The quantitative estimate of drug-likeness (QED) is 0.870. The van der Waals surface area contributed by atoms with Crippen LogP contribution in [0.5, 0.6) is 0 Å². The maximum Gasteiger partial charge on any atom is 0.0562 e. The SMILES string of the molecule is Cc1ccsc1C(N)C1CN(C)CCCN1C. The van der Waals surface area contributed by atoms with E-state index in [9.17, 15) is 0 Å².